The van der Waals surface area contributed by atoms with Gasteiger partial charge in [-0.3, -0.25) is 4.79 Å². The largest absolute Gasteiger partial charge is 0.477 e. The van der Waals surface area contributed by atoms with E-state index in [4.69, 9.17) is 5.73 Å². The van der Waals surface area contributed by atoms with Crippen molar-refractivity contribution in [3.05, 3.63) is 33.9 Å². The van der Waals surface area contributed by atoms with E-state index in [0.717, 1.165) is 19.3 Å². The summed E-state index contributed by atoms with van der Waals surface area (Å²) in [7, 11) is 1.92. The molecular weight excluding hydrogens is 375 g/mol. The molecule has 1 aliphatic heterocycles. The third kappa shape index (κ3) is 3.15. The van der Waals surface area contributed by atoms with Crippen LogP contribution in [-0.2, 0) is 0 Å². The van der Waals surface area contributed by atoms with Crippen molar-refractivity contribution in [2.24, 2.45) is 5.92 Å². The van der Waals surface area contributed by atoms with Gasteiger partial charge in [0.2, 0.25) is 5.43 Å². The summed E-state index contributed by atoms with van der Waals surface area (Å²) < 4.78 is 17.1. The standard InChI is InChI=1S/C21H27FN4O3/c1-21(2,24-3)11-6-7-25(9-11)15-8-14-16(18(23)17(15)22)19(27)13(20(28)29)10-26(14)12-4-5-12/h8,10-12,24H,4-7,9,23H2,1-3H3,(H,28,29). The number of carboxylic acids is 1. The zero-order valence-electron chi connectivity index (χ0n) is 17.0. The average molecular weight is 402 g/mol. The van der Waals surface area contributed by atoms with Crippen LogP contribution in [0.1, 0.15) is 49.5 Å². The van der Waals surface area contributed by atoms with E-state index < -0.39 is 17.2 Å². The summed E-state index contributed by atoms with van der Waals surface area (Å²) in [6.07, 6.45) is 4.08. The molecule has 1 atom stereocenters. The number of anilines is 2. The van der Waals surface area contributed by atoms with Gasteiger partial charge in [-0.15, -0.1) is 0 Å². The summed E-state index contributed by atoms with van der Waals surface area (Å²) >= 11 is 0. The normalized spacial score (nSPS) is 19.9. The quantitative estimate of drug-likeness (QED) is 0.665. The number of nitrogens with one attached hydrogen (secondary N) is 1. The van der Waals surface area contributed by atoms with Crippen LogP contribution in [0.4, 0.5) is 15.8 Å². The fourth-order valence-electron chi connectivity index (χ4n) is 4.30. The van der Waals surface area contributed by atoms with Crippen LogP contribution >= 0.6 is 0 Å². The van der Waals surface area contributed by atoms with E-state index in [1.807, 2.05) is 11.9 Å². The van der Waals surface area contributed by atoms with Gasteiger partial charge in [0.1, 0.15) is 5.56 Å². The van der Waals surface area contributed by atoms with E-state index >= 15 is 4.39 Å². The Morgan fingerprint density at radius 2 is 2.03 bits per heavy atom. The van der Waals surface area contributed by atoms with Gasteiger partial charge in [-0.05, 0) is 52.1 Å². The molecule has 1 saturated carbocycles. The molecule has 0 amide bonds. The minimum absolute atomic E-state index is 0.0376. The fourth-order valence-corrected chi connectivity index (χ4v) is 4.30. The average Bonchev–Trinajstić information content (AvgIpc) is 3.39. The first kappa shape index (κ1) is 19.7. The van der Waals surface area contributed by atoms with Gasteiger partial charge >= 0.3 is 5.97 Å². The van der Waals surface area contributed by atoms with Gasteiger partial charge < -0.3 is 25.6 Å². The highest BCUT2D eigenvalue weighted by Gasteiger charge is 2.36. The van der Waals surface area contributed by atoms with Gasteiger partial charge in [-0.1, -0.05) is 0 Å². The Balaban J connectivity index is 1.87. The van der Waals surface area contributed by atoms with Crippen LogP contribution in [0.3, 0.4) is 0 Å². The van der Waals surface area contributed by atoms with Crippen LogP contribution in [-0.4, -0.2) is 41.3 Å². The summed E-state index contributed by atoms with van der Waals surface area (Å²) in [5.41, 5.74) is 5.50. The predicted octanol–water partition coefficient (Wildman–Crippen LogP) is 2.58. The Morgan fingerprint density at radius 1 is 1.34 bits per heavy atom. The first-order valence-corrected chi connectivity index (χ1v) is 9.99. The third-order valence-corrected chi connectivity index (χ3v) is 6.64. The Labute approximate surface area is 168 Å². The van der Waals surface area contributed by atoms with Gasteiger partial charge in [0, 0.05) is 30.9 Å². The van der Waals surface area contributed by atoms with E-state index in [1.54, 1.807) is 10.6 Å². The number of aromatic nitrogens is 1. The summed E-state index contributed by atoms with van der Waals surface area (Å²) in [6.45, 7) is 5.63. The summed E-state index contributed by atoms with van der Waals surface area (Å²) in [6, 6.07) is 1.78. The molecule has 4 rings (SSSR count). The SMILES string of the molecule is CNC(C)(C)C1CCN(c2cc3c(c(N)c2F)c(=O)c(C(=O)O)cn3C2CC2)C1. The molecule has 2 aliphatic rings. The zero-order valence-corrected chi connectivity index (χ0v) is 17.0. The highest BCUT2D eigenvalue weighted by Crippen LogP contribution is 2.41. The van der Waals surface area contributed by atoms with Crippen LogP contribution in [0.5, 0.6) is 0 Å². The first-order valence-electron chi connectivity index (χ1n) is 9.99. The molecule has 1 aromatic carbocycles. The second-order valence-corrected chi connectivity index (χ2v) is 8.74. The number of hydrogen-bond donors (Lipinski definition) is 3. The fraction of sp³-hybridized carbons (Fsp3) is 0.524. The number of halogens is 1. The number of rotatable bonds is 5. The number of benzene rings is 1. The molecule has 0 radical (unpaired) electrons. The van der Waals surface area contributed by atoms with Crippen molar-refractivity contribution < 1.29 is 14.3 Å². The minimum atomic E-state index is -1.33. The van der Waals surface area contributed by atoms with Gasteiger partial charge in [0.15, 0.2) is 5.82 Å². The number of nitrogen functional groups attached to an aromatic ring is 1. The lowest BCUT2D eigenvalue weighted by atomic mass is 9.87. The maximum atomic E-state index is 15.3. The molecule has 2 aromatic rings. The molecule has 29 heavy (non-hydrogen) atoms. The lowest BCUT2D eigenvalue weighted by molar-refractivity contribution is 0.0695. The first-order chi connectivity index (χ1) is 13.7. The maximum Gasteiger partial charge on any atom is 0.341 e. The number of carbonyl (C=O) groups is 1. The van der Waals surface area contributed by atoms with Crippen molar-refractivity contribution in [2.75, 3.05) is 30.8 Å². The molecule has 156 valence electrons. The van der Waals surface area contributed by atoms with Crippen LogP contribution in [0.25, 0.3) is 10.9 Å². The summed E-state index contributed by atoms with van der Waals surface area (Å²) in [5, 5.41) is 12.7. The second kappa shape index (κ2) is 6.73. The number of carboxylic acid groups (broad SMARTS) is 1. The molecule has 4 N–H and O–H groups in total. The van der Waals surface area contributed by atoms with E-state index in [2.05, 4.69) is 19.2 Å². The molecule has 1 saturated heterocycles. The lowest BCUT2D eigenvalue weighted by Crippen LogP contribution is -2.45. The lowest BCUT2D eigenvalue weighted by Gasteiger charge is -2.31. The van der Waals surface area contributed by atoms with Crippen LogP contribution < -0.4 is 21.4 Å². The van der Waals surface area contributed by atoms with Gasteiger partial charge in [0.25, 0.3) is 0 Å². The van der Waals surface area contributed by atoms with Gasteiger partial charge in [0.05, 0.1) is 22.3 Å². The highest BCUT2D eigenvalue weighted by molar-refractivity contribution is 5.99. The molecule has 7 nitrogen and oxygen atoms in total. The molecule has 8 heteroatoms. The van der Waals surface area contributed by atoms with Gasteiger partial charge in [-0.25, -0.2) is 9.18 Å². The zero-order chi connectivity index (χ0) is 21.1. The Kier molecular flexibility index (Phi) is 4.57. The number of hydrogen-bond acceptors (Lipinski definition) is 5. The van der Waals surface area contributed by atoms with Gasteiger partial charge in [-0.2, -0.15) is 0 Å². The number of nitrogens with zero attached hydrogens (tertiary/aromatic N) is 2. The van der Waals surface area contributed by atoms with Crippen molar-refractivity contribution in [3.63, 3.8) is 0 Å². The molecule has 1 aromatic heterocycles. The molecule has 0 spiro atoms. The number of nitrogens with two attached hydrogens (primary N) is 1. The van der Waals surface area contributed by atoms with Crippen molar-refractivity contribution in [1.29, 1.82) is 0 Å². The van der Waals surface area contributed by atoms with E-state index in [0.29, 0.717) is 30.2 Å². The molecule has 1 unspecified atom stereocenters. The van der Waals surface area contributed by atoms with Crippen molar-refractivity contribution in [3.8, 4) is 0 Å². The summed E-state index contributed by atoms with van der Waals surface area (Å²) in [5.74, 6) is -1.64. The van der Waals surface area contributed by atoms with E-state index in [1.165, 1.54) is 6.20 Å². The van der Waals surface area contributed by atoms with Crippen molar-refractivity contribution in [1.82, 2.24) is 9.88 Å². The third-order valence-electron chi connectivity index (χ3n) is 6.64. The molecule has 2 fully saturated rings. The molecular formula is C21H27FN4O3. The monoisotopic (exact) mass is 402 g/mol. The van der Waals surface area contributed by atoms with Crippen molar-refractivity contribution >= 4 is 28.2 Å². The topological polar surface area (TPSA) is 101 Å². The van der Waals surface area contributed by atoms with Crippen LogP contribution in [0, 0.1) is 11.7 Å². The van der Waals surface area contributed by atoms with Crippen molar-refractivity contribution in [2.45, 2.75) is 44.7 Å². The highest BCUT2D eigenvalue weighted by atomic mass is 19.1. The van der Waals surface area contributed by atoms with E-state index in [9.17, 15) is 14.7 Å². The molecule has 2 heterocycles. The second-order valence-electron chi connectivity index (χ2n) is 8.74. The smallest absolute Gasteiger partial charge is 0.341 e. The Bertz CT molecular complexity index is 1060. The Hall–Kier alpha value is -2.61. The van der Waals surface area contributed by atoms with Crippen LogP contribution in [0.15, 0.2) is 17.1 Å². The summed E-state index contributed by atoms with van der Waals surface area (Å²) in [4.78, 5) is 26.2. The molecule has 0 bridgehead atoms. The maximum absolute atomic E-state index is 15.3. The molecule has 1 aliphatic carbocycles. The predicted molar refractivity (Wildman–Crippen MR) is 111 cm³/mol. The number of pyridine rings is 1. The number of fused-ring (bicyclic) bond motifs is 1. The Morgan fingerprint density at radius 3 is 2.62 bits per heavy atom. The minimum Gasteiger partial charge on any atom is -0.477 e. The number of aromatic carboxylic acids is 1. The van der Waals surface area contributed by atoms with Crippen LogP contribution in [0.2, 0.25) is 0 Å². The van der Waals surface area contributed by atoms with E-state index in [-0.39, 0.29) is 28.2 Å².